The fourth-order valence-electron chi connectivity index (χ4n) is 1.91. The zero-order valence-electron chi connectivity index (χ0n) is 10.1. The summed E-state index contributed by atoms with van der Waals surface area (Å²) in [6, 6.07) is 8.26. The molecule has 0 fully saturated rings. The Kier molecular flexibility index (Phi) is 3.88. The van der Waals surface area contributed by atoms with Gasteiger partial charge >= 0.3 is 0 Å². The average molecular weight is 230 g/mol. The second-order valence-electron chi connectivity index (χ2n) is 4.11. The number of benzene rings is 1. The zero-order chi connectivity index (χ0) is 12.1. The Bertz CT molecular complexity index is 478. The normalized spacial score (nSPS) is 12.6. The molecule has 0 amide bonds. The van der Waals surface area contributed by atoms with E-state index in [1.165, 1.54) is 0 Å². The molecule has 2 aromatic rings. The van der Waals surface area contributed by atoms with Crippen LogP contribution in [0.5, 0.6) is 0 Å². The smallest absolute Gasteiger partial charge is 0.137 e. The van der Waals surface area contributed by atoms with Crippen molar-refractivity contribution in [3.8, 4) is 0 Å². The highest BCUT2D eigenvalue weighted by molar-refractivity contribution is 5.88. The molecule has 1 unspecified atom stereocenters. The Morgan fingerprint density at radius 3 is 2.88 bits per heavy atom. The van der Waals surface area contributed by atoms with Gasteiger partial charge in [0, 0.05) is 18.0 Å². The number of fused-ring (bicyclic) bond motifs is 1. The van der Waals surface area contributed by atoms with Crippen LogP contribution in [0.2, 0.25) is 0 Å². The van der Waals surface area contributed by atoms with E-state index in [2.05, 4.69) is 22.2 Å². The molecule has 3 N–H and O–H groups in total. The van der Waals surface area contributed by atoms with Gasteiger partial charge in [0.15, 0.2) is 0 Å². The van der Waals surface area contributed by atoms with Crippen LogP contribution >= 0.6 is 0 Å². The van der Waals surface area contributed by atoms with Gasteiger partial charge in [-0.1, -0.05) is 25.5 Å². The predicted octanol–water partition coefficient (Wildman–Crippen LogP) is 2.17. The van der Waals surface area contributed by atoms with E-state index in [1.54, 1.807) is 6.33 Å². The molecule has 4 nitrogen and oxygen atoms in total. The van der Waals surface area contributed by atoms with E-state index < -0.39 is 0 Å². The highest BCUT2D eigenvalue weighted by Gasteiger charge is 2.08. The molecule has 0 saturated carbocycles. The Morgan fingerprint density at radius 1 is 1.29 bits per heavy atom. The lowest BCUT2D eigenvalue weighted by Crippen LogP contribution is -2.29. The standard InChI is InChI=1S/C13H18N4/c1-2-5-10(8-14)17-13-11-6-3-4-7-12(11)15-9-16-13/h3-4,6-7,9-10H,2,5,8,14H2,1H3,(H,15,16,17). The summed E-state index contributed by atoms with van der Waals surface area (Å²) in [7, 11) is 0. The summed E-state index contributed by atoms with van der Waals surface area (Å²) in [6.45, 7) is 2.77. The number of nitrogens with one attached hydrogen (secondary N) is 1. The molecule has 1 aromatic heterocycles. The third-order valence-electron chi connectivity index (χ3n) is 2.81. The van der Waals surface area contributed by atoms with Crippen molar-refractivity contribution < 1.29 is 0 Å². The van der Waals surface area contributed by atoms with Crippen molar-refractivity contribution in [1.82, 2.24) is 9.97 Å². The molecule has 1 heterocycles. The first-order chi connectivity index (χ1) is 8.35. The second kappa shape index (κ2) is 5.59. The number of nitrogens with two attached hydrogens (primary N) is 1. The zero-order valence-corrected chi connectivity index (χ0v) is 10.1. The van der Waals surface area contributed by atoms with Gasteiger partial charge in [-0.25, -0.2) is 9.97 Å². The molecule has 0 aliphatic rings. The number of aromatic nitrogens is 2. The quantitative estimate of drug-likeness (QED) is 0.826. The third-order valence-corrected chi connectivity index (χ3v) is 2.81. The minimum Gasteiger partial charge on any atom is -0.365 e. The van der Waals surface area contributed by atoms with Crippen molar-refractivity contribution in [2.45, 2.75) is 25.8 Å². The van der Waals surface area contributed by atoms with Crippen molar-refractivity contribution in [2.24, 2.45) is 5.73 Å². The SMILES string of the molecule is CCCC(CN)Nc1ncnc2ccccc12. The summed E-state index contributed by atoms with van der Waals surface area (Å²) < 4.78 is 0. The van der Waals surface area contributed by atoms with Crippen molar-refractivity contribution in [1.29, 1.82) is 0 Å². The van der Waals surface area contributed by atoms with E-state index in [1.807, 2.05) is 24.3 Å². The molecular formula is C13H18N4. The van der Waals surface area contributed by atoms with Crippen LogP contribution in [0.3, 0.4) is 0 Å². The van der Waals surface area contributed by atoms with E-state index in [9.17, 15) is 0 Å². The number of hydrogen-bond donors (Lipinski definition) is 2. The summed E-state index contributed by atoms with van der Waals surface area (Å²) in [4.78, 5) is 8.54. The van der Waals surface area contributed by atoms with Crippen molar-refractivity contribution in [3.05, 3.63) is 30.6 Å². The lowest BCUT2D eigenvalue weighted by molar-refractivity contribution is 0.646. The maximum absolute atomic E-state index is 5.74. The maximum Gasteiger partial charge on any atom is 0.137 e. The average Bonchev–Trinajstić information content (AvgIpc) is 2.38. The first-order valence-corrected chi connectivity index (χ1v) is 6.01. The van der Waals surface area contributed by atoms with Gasteiger partial charge in [0.2, 0.25) is 0 Å². The summed E-state index contributed by atoms with van der Waals surface area (Å²) in [6.07, 6.45) is 3.75. The van der Waals surface area contributed by atoms with Gasteiger partial charge in [0.25, 0.3) is 0 Å². The minimum atomic E-state index is 0.276. The van der Waals surface area contributed by atoms with E-state index in [0.29, 0.717) is 6.54 Å². The fourth-order valence-corrected chi connectivity index (χ4v) is 1.91. The monoisotopic (exact) mass is 230 g/mol. The molecule has 0 radical (unpaired) electrons. The molecule has 0 spiro atoms. The Morgan fingerprint density at radius 2 is 2.12 bits per heavy atom. The number of nitrogens with zero attached hydrogens (tertiary/aromatic N) is 2. The van der Waals surface area contributed by atoms with Crippen molar-refractivity contribution in [3.63, 3.8) is 0 Å². The number of rotatable bonds is 5. The molecule has 2 rings (SSSR count). The Labute approximate surface area is 101 Å². The molecule has 1 atom stereocenters. The summed E-state index contributed by atoms with van der Waals surface area (Å²) in [5.74, 6) is 0.875. The van der Waals surface area contributed by atoms with E-state index in [-0.39, 0.29) is 6.04 Å². The number of hydrogen-bond acceptors (Lipinski definition) is 4. The lowest BCUT2D eigenvalue weighted by atomic mass is 10.1. The molecule has 0 aliphatic carbocycles. The first-order valence-electron chi connectivity index (χ1n) is 6.01. The Balaban J connectivity index is 2.28. The van der Waals surface area contributed by atoms with E-state index in [0.717, 1.165) is 29.6 Å². The van der Waals surface area contributed by atoms with Gasteiger partial charge in [-0.05, 0) is 18.6 Å². The van der Waals surface area contributed by atoms with Crippen LogP contribution < -0.4 is 11.1 Å². The predicted molar refractivity (Wildman–Crippen MR) is 70.9 cm³/mol. The molecule has 0 saturated heterocycles. The van der Waals surface area contributed by atoms with Gasteiger partial charge in [-0.2, -0.15) is 0 Å². The molecule has 1 aromatic carbocycles. The van der Waals surface area contributed by atoms with Gasteiger partial charge in [-0.15, -0.1) is 0 Å². The van der Waals surface area contributed by atoms with Crippen LogP contribution in [0.15, 0.2) is 30.6 Å². The summed E-state index contributed by atoms with van der Waals surface area (Å²) >= 11 is 0. The molecule has 4 heteroatoms. The highest BCUT2D eigenvalue weighted by Crippen LogP contribution is 2.19. The van der Waals surface area contributed by atoms with E-state index in [4.69, 9.17) is 5.73 Å². The van der Waals surface area contributed by atoms with Crippen molar-refractivity contribution >= 4 is 16.7 Å². The fraction of sp³-hybridized carbons (Fsp3) is 0.385. The molecule has 0 bridgehead atoms. The van der Waals surface area contributed by atoms with Gasteiger partial charge < -0.3 is 11.1 Å². The van der Waals surface area contributed by atoms with Crippen LogP contribution in [0.25, 0.3) is 10.9 Å². The van der Waals surface area contributed by atoms with Crippen LogP contribution in [-0.2, 0) is 0 Å². The van der Waals surface area contributed by atoms with Crippen LogP contribution in [0.4, 0.5) is 5.82 Å². The Hall–Kier alpha value is -1.68. The van der Waals surface area contributed by atoms with Gasteiger partial charge in [0.05, 0.1) is 5.52 Å². The topological polar surface area (TPSA) is 63.8 Å². The van der Waals surface area contributed by atoms with Gasteiger partial charge in [-0.3, -0.25) is 0 Å². The maximum atomic E-state index is 5.74. The van der Waals surface area contributed by atoms with Crippen LogP contribution in [-0.4, -0.2) is 22.6 Å². The highest BCUT2D eigenvalue weighted by atomic mass is 15.0. The third kappa shape index (κ3) is 2.71. The van der Waals surface area contributed by atoms with Crippen LogP contribution in [0.1, 0.15) is 19.8 Å². The number of para-hydroxylation sites is 1. The lowest BCUT2D eigenvalue weighted by Gasteiger charge is -2.17. The summed E-state index contributed by atoms with van der Waals surface area (Å²) in [5.41, 5.74) is 6.70. The molecular weight excluding hydrogens is 212 g/mol. The molecule has 0 aliphatic heterocycles. The molecule has 90 valence electrons. The minimum absolute atomic E-state index is 0.276. The first kappa shape index (κ1) is 11.8. The largest absolute Gasteiger partial charge is 0.365 e. The second-order valence-corrected chi connectivity index (χ2v) is 4.11. The van der Waals surface area contributed by atoms with Crippen molar-refractivity contribution in [2.75, 3.05) is 11.9 Å². The van der Waals surface area contributed by atoms with Gasteiger partial charge in [0.1, 0.15) is 12.1 Å². The molecule has 17 heavy (non-hydrogen) atoms. The van der Waals surface area contributed by atoms with Crippen LogP contribution in [0, 0.1) is 0 Å². The summed E-state index contributed by atoms with van der Waals surface area (Å²) in [5, 5.41) is 4.44. The van der Waals surface area contributed by atoms with E-state index >= 15 is 0 Å². The number of anilines is 1.